The maximum absolute atomic E-state index is 11.5. The third-order valence-corrected chi connectivity index (χ3v) is 4.19. The summed E-state index contributed by atoms with van der Waals surface area (Å²) in [4.78, 5) is 14.0. The van der Waals surface area contributed by atoms with E-state index in [1.807, 2.05) is 13.0 Å². The number of piperidine rings is 1. The van der Waals surface area contributed by atoms with Crippen molar-refractivity contribution in [3.8, 4) is 0 Å². The van der Waals surface area contributed by atoms with Crippen LogP contribution in [-0.2, 0) is 4.79 Å². The van der Waals surface area contributed by atoms with Crippen LogP contribution in [0.5, 0.6) is 0 Å². The maximum atomic E-state index is 11.5. The molecule has 1 heterocycles. The van der Waals surface area contributed by atoms with E-state index < -0.39 is 8.07 Å². The Hall–Kier alpha value is -0.573. The minimum Gasteiger partial charge on any atom is -0.378 e. The summed E-state index contributed by atoms with van der Waals surface area (Å²) < 4.78 is 0. The molecule has 0 atom stereocenters. The molecule has 1 aliphatic rings. The van der Waals surface area contributed by atoms with E-state index in [4.69, 9.17) is 0 Å². The van der Waals surface area contributed by atoms with Gasteiger partial charge in [0.2, 0.25) is 0 Å². The number of rotatable bonds is 4. The van der Waals surface area contributed by atoms with Crippen LogP contribution in [0.3, 0.4) is 0 Å². The first kappa shape index (κ1) is 13.5. The van der Waals surface area contributed by atoms with Crippen molar-refractivity contribution < 1.29 is 4.79 Å². The monoisotopic (exact) mass is 239 g/mol. The van der Waals surface area contributed by atoms with E-state index in [1.54, 1.807) is 0 Å². The van der Waals surface area contributed by atoms with Gasteiger partial charge in [-0.3, -0.25) is 4.79 Å². The van der Waals surface area contributed by atoms with Gasteiger partial charge in [0.25, 0.3) is 0 Å². The summed E-state index contributed by atoms with van der Waals surface area (Å²) in [5, 5.41) is 0. The Morgan fingerprint density at radius 3 is 2.62 bits per heavy atom. The first-order chi connectivity index (χ1) is 7.42. The Morgan fingerprint density at radius 2 is 2.06 bits per heavy atom. The average Bonchev–Trinajstić information content (AvgIpc) is 2.18. The van der Waals surface area contributed by atoms with Gasteiger partial charge in [-0.2, -0.15) is 0 Å². The lowest BCUT2D eigenvalue weighted by Gasteiger charge is -2.36. The summed E-state index contributed by atoms with van der Waals surface area (Å²) in [5.74, 6) is 0.275. The zero-order valence-corrected chi connectivity index (χ0v) is 12.2. The number of carbonyl (C=O) groups excluding carboxylic acids is 1. The fraction of sp³-hybridized carbons (Fsp3) is 0.769. The molecule has 0 aromatic heterocycles. The van der Waals surface area contributed by atoms with Gasteiger partial charge in [-0.05, 0) is 19.3 Å². The molecule has 0 aliphatic carbocycles. The quantitative estimate of drug-likeness (QED) is 0.554. The first-order valence-corrected chi connectivity index (χ1v) is 10.1. The molecule has 0 saturated carbocycles. The van der Waals surface area contributed by atoms with Gasteiger partial charge in [-0.25, -0.2) is 0 Å². The smallest absolute Gasteiger partial charge is 0.157 e. The second-order valence-electron chi connectivity index (χ2n) is 5.89. The largest absolute Gasteiger partial charge is 0.378 e. The Bertz CT molecular complexity index is 278. The van der Waals surface area contributed by atoms with Gasteiger partial charge in [0.15, 0.2) is 5.78 Å². The summed E-state index contributed by atoms with van der Waals surface area (Å²) in [5.41, 5.74) is 1.29. The topological polar surface area (TPSA) is 20.3 Å². The molecule has 0 aromatic rings. The molecular formula is C13H25NOSi. The molecule has 1 saturated heterocycles. The molecule has 3 heteroatoms. The van der Waals surface area contributed by atoms with E-state index in [0.717, 1.165) is 13.0 Å². The van der Waals surface area contributed by atoms with Crippen molar-refractivity contribution in [2.75, 3.05) is 12.7 Å². The highest BCUT2D eigenvalue weighted by Gasteiger charge is 2.22. The molecule has 1 fully saturated rings. The highest BCUT2D eigenvalue weighted by atomic mass is 28.3. The van der Waals surface area contributed by atoms with Crippen molar-refractivity contribution in [2.45, 2.75) is 52.2 Å². The third-order valence-electron chi connectivity index (χ3n) is 2.86. The molecular weight excluding hydrogens is 214 g/mol. The van der Waals surface area contributed by atoms with E-state index in [0.29, 0.717) is 6.42 Å². The second kappa shape index (κ2) is 5.67. The van der Waals surface area contributed by atoms with Crippen LogP contribution in [0.2, 0.25) is 19.6 Å². The first-order valence-electron chi connectivity index (χ1n) is 6.41. The maximum Gasteiger partial charge on any atom is 0.157 e. The van der Waals surface area contributed by atoms with E-state index >= 15 is 0 Å². The lowest BCUT2D eigenvalue weighted by molar-refractivity contribution is -0.114. The van der Waals surface area contributed by atoms with Crippen molar-refractivity contribution in [3.63, 3.8) is 0 Å². The van der Waals surface area contributed by atoms with Gasteiger partial charge in [0.1, 0.15) is 0 Å². The second-order valence-corrected chi connectivity index (χ2v) is 11.3. The minimum absolute atomic E-state index is 0.275. The van der Waals surface area contributed by atoms with Crippen LogP contribution in [0.1, 0.15) is 32.6 Å². The fourth-order valence-electron chi connectivity index (χ4n) is 2.12. The number of allylic oxidation sites excluding steroid dienone is 2. The molecule has 16 heavy (non-hydrogen) atoms. The minimum atomic E-state index is -1.07. The van der Waals surface area contributed by atoms with Gasteiger partial charge in [-0.15, -0.1) is 0 Å². The van der Waals surface area contributed by atoms with Crippen molar-refractivity contribution >= 4 is 13.9 Å². The molecule has 0 radical (unpaired) electrons. The SMILES string of the molecule is CCC(=O)/C=C1/CCCCN1C[Si](C)(C)C. The van der Waals surface area contributed by atoms with Crippen LogP contribution in [-0.4, -0.2) is 31.5 Å². The molecule has 0 amide bonds. The number of carbonyl (C=O) groups is 1. The van der Waals surface area contributed by atoms with E-state index in [1.165, 1.54) is 24.7 Å². The van der Waals surface area contributed by atoms with Crippen LogP contribution >= 0.6 is 0 Å². The normalized spacial score (nSPS) is 20.2. The Balaban J connectivity index is 2.71. The lowest BCUT2D eigenvalue weighted by Crippen LogP contribution is -2.41. The summed E-state index contributed by atoms with van der Waals surface area (Å²) in [6.07, 6.45) is 7.32. The summed E-state index contributed by atoms with van der Waals surface area (Å²) in [6.45, 7) is 10.3. The number of hydrogen-bond acceptors (Lipinski definition) is 2. The molecule has 1 rings (SSSR count). The van der Waals surface area contributed by atoms with Crippen molar-refractivity contribution in [1.82, 2.24) is 4.90 Å². The number of nitrogens with zero attached hydrogens (tertiary/aromatic N) is 1. The van der Waals surface area contributed by atoms with Crippen LogP contribution < -0.4 is 0 Å². The molecule has 2 nitrogen and oxygen atoms in total. The fourth-order valence-corrected chi connectivity index (χ4v) is 3.62. The predicted molar refractivity (Wildman–Crippen MR) is 72.2 cm³/mol. The van der Waals surface area contributed by atoms with Gasteiger partial charge in [-0.1, -0.05) is 26.6 Å². The van der Waals surface area contributed by atoms with E-state index in [9.17, 15) is 4.79 Å². The van der Waals surface area contributed by atoms with Crippen molar-refractivity contribution in [3.05, 3.63) is 11.8 Å². The third kappa shape index (κ3) is 4.52. The van der Waals surface area contributed by atoms with Crippen LogP contribution in [0.25, 0.3) is 0 Å². The standard InChI is InChI=1S/C13H25NOSi/c1-5-13(15)10-12-8-6-7-9-14(12)11-16(2,3)4/h10H,5-9,11H2,1-4H3/b12-10-. The Morgan fingerprint density at radius 1 is 1.38 bits per heavy atom. The van der Waals surface area contributed by atoms with Gasteiger partial charge < -0.3 is 4.90 Å². The molecule has 92 valence electrons. The Labute approximate surface area is 101 Å². The lowest BCUT2D eigenvalue weighted by atomic mass is 10.1. The molecule has 1 aliphatic heterocycles. The highest BCUT2D eigenvalue weighted by molar-refractivity contribution is 6.76. The van der Waals surface area contributed by atoms with Gasteiger partial charge in [0, 0.05) is 30.9 Å². The number of hydrogen-bond donors (Lipinski definition) is 0. The highest BCUT2D eigenvalue weighted by Crippen LogP contribution is 2.22. The molecule has 0 spiro atoms. The van der Waals surface area contributed by atoms with Crippen LogP contribution in [0.15, 0.2) is 11.8 Å². The molecule has 0 unspecified atom stereocenters. The number of likely N-dealkylation sites (tertiary alicyclic amines) is 1. The van der Waals surface area contributed by atoms with Gasteiger partial charge in [0.05, 0.1) is 8.07 Å². The number of ketones is 1. The van der Waals surface area contributed by atoms with Crippen LogP contribution in [0, 0.1) is 0 Å². The Kier molecular flexibility index (Phi) is 4.78. The van der Waals surface area contributed by atoms with Crippen molar-refractivity contribution in [2.24, 2.45) is 0 Å². The summed E-state index contributed by atoms with van der Waals surface area (Å²) in [6, 6.07) is 0. The zero-order chi connectivity index (χ0) is 12.2. The average molecular weight is 239 g/mol. The van der Waals surface area contributed by atoms with Crippen molar-refractivity contribution in [1.29, 1.82) is 0 Å². The van der Waals surface area contributed by atoms with E-state index in [-0.39, 0.29) is 5.78 Å². The molecule has 0 bridgehead atoms. The summed E-state index contributed by atoms with van der Waals surface area (Å²) >= 11 is 0. The summed E-state index contributed by atoms with van der Waals surface area (Å²) in [7, 11) is -1.07. The van der Waals surface area contributed by atoms with Crippen LogP contribution in [0.4, 0.5) is 0 Å². The predicted octanol–water partition coefficient (Wildman–Crippen LogP) is 3.21. The molecule has 0 aromatic carbocycles. The van der Waals surface area contributed by atoms with Gasteiger partial charge >= 0.3 is 0 Å². The zero-order valence-electron chi connectivity index (χ0n) is 11.2. The molecule has 0 N–H and O–H groups in total. The van der Waals surface area contributed by atoms with E-state index in [2.05, 4.69) is 24.5 Å².